The van der Waals surface area contributed by atoms with Crippen molar-refractivity contribution in [3.63, 3.8) is 0 Å². The topological polar surface area (TPSA) is 43.1 Å². The van der Waals surface area contributed by atoms with Crippen LogP contribution in [0.25, 0.3) is 0 Å². The van der Waals surface area contributed by atoms with Gasteiger partial charge in [-0.05, 0) is 36.3 Å². The van der Waals surface area contributed by atoms with E-state index in [9.17, 15) is 10.1 Å². The first-order valence-electron chi connectivity index (χ1n) is 7.04. The van der Waals surface area contributed by atoms with E-state index >= 15 is 0 Å². The highest BCUT2D eigenvalue weighted by atomic mass is 16.6. The smallest absolute Gasteiger partial charge is 0.246 e. The molecule has 2 rings (SSSR count). The molecule has 0 saturated heterocycles. The minimum absolute atomic E-state index is 0.216. The largest absolute Gasteiger partial charge is 0.259 e. The van der Waals surface area contributed by atoms with Crippen LogP contribution in [0.4, 0.5) is 0 Å². The Morgan fingerprint density at radius 1 is 1.37 bits per heavy atom. The molecule has 0 bridgehead atoms. The van der Waals surface area contributed by atoms with Gasteiger partial charge in [-0.15, -0.1) is 0 Å². The number of nitrogens with zero attached hydrogens (tertiary/aromatic N) is 1. The Kier molecular flexibility index (Phi) is 4.72. The maximum absolute atomic E-state index is 11.2. The van der Waals surface area contributed by atoms with Gasteiger partial charge in [0.2, 0.25) is 5.70 Å². The SMILES string of the molecule is CC1CCCC(/C=C(/Cc2ccccc2)[N+](=O)[O-])C1. The van der Waals surface area contributed by atoms with Crippen LogP contribution in [0.2, 0.25) is 0 Å². The molecule has 0 aliphatic heterocycles. The maximum atomic E-state index is 11.2. The van der Waals surface area contributed by atoms with Crippen LogP contribution < -0.4 is 0 Å². The van der Waals surface area contributed by atoms with Crippen LogP contribution >= 0.6 is 0 Å². The lowest BCUT2D eigenvalue weighted by Gasteiger charge is -2.23. The molecule has 102 valence electrons. The van der Waals surface area contributed by atoms with Crippen LogP contribution in [0.15, 0.2) is 42.1 Å². The van der Waals surface area contributed by atoms with E-state index in [1.165, 1.54) is 12.8 Å². The van der Waals surface area contributed by atoms with E-state index in [1.807, 2.05) is 36.4 Å². The molecule has 1 aliphatic rings. The van der Waals surface area contributed by atoms with Crippen molar-refractivity contribution in [1.29, 1.82) is 0 Å². The summed E-state index contributed by atoms with van der Waals surface area (Å²) in [4.78, 5) is 11.0. The van der Waals surface area contributed by atoms with Crippen molar-refractivity contribution in [3.8, 4) is 0 Å². The van der Waals surface area contributed by atoms with Gasteiger partial charge in [0.25, 0.3) is 0 Å². The van der Waals surface area contributed by atoms with Crippen molar-refractivity contribution in [2.24, 2.45) is 11.8 Å². The molecule has 2 atom stereocenters. The van der Waals surface area contributed by atoms with Crippen LogP contribution in [0.1, 0.15) is 38.2 Å². The predicted octanol–water partition coefficient (Wildman–Crippen LogP) is 4.22. The van der Waals surface area contributed by atoms with Gasteiger partial charge in [-0.1, -0.05) is 50.1 Å². The van der Waals surface area contributed by atoms with E-state index in [0.717, 1.165) is 18.4 Å². The lowest BCUT2D eigenvalue weighted by molar-refractivity contribution is -0.427. The number of benzene rings is 1. The van der Waals surface area contributed by atoms with Gasteiger partial charge in [-0.3, -0.25) is 10.1 Å². The number of nitro groups is 1. The van der Waals surface area contributed by atoms with Crippen LogP contribution in [0.5, 0.6) is 0 Å². The third-order valence-electron chi connectivity index (χ3n) is 3.87. The highest BCUT2D eigenvalue weighted by Gasteiger charge is 2.21. The molecule has 2 unspecified atom stereocenters. The first-order valence-corrected chi connectivity index (χ1v) is 7.04. The molecule has 1 aromatic rings. The van der Waals surface area contributed by atoms with E-state index in [2.05, 4.69) is 6.92 Å². The summed E-state index contributed by atoms with van der Waals surface area (Å²) in [5.41, 5.74) is 1.36. The highest BCUT2D eigenvalue weighted by Crippen LogP contribution is 2.30. The minimum Gasteiger partial charge on any atom is -0.259 e. The molecule has 1 aliphatic carbocycles. The zero-order valence-electron chi connectivity index (χ0n) is 11.4. The van der Waals surface area contributed by atoms with Gasteiger partial charge in [-0.2, -0.15) is 0 Å². The summed E-state index contributed by atoms with van der Waals surface area (Å²) in [6, 6.07) is 9.68. The average molecular weight is 259 g/mol. The van der Waals surface area contributed by atoms with E-state index in [1.54, 1.807) is 0 Å². The van der Waals surface area contributed by atoms with Crippen LogP contribution in [0.3, 0.4) is 0 Å². The Balaban J connectivity index is 2.09. The molecule has 0 N–H and O–H groups in total. The van der Waals surface area contributed by atoms with Crippen LogP contribution in [-0.4, -0.2) is 4.92 Å². The quantitative estimate of drug-likeness (QED) is 0.600. The van der Waals surface area contributed by atoms with E-state index in [-0.39, 0.29) is 4.92 Å². The molecule has 1 fully saturated rings. The summed E-state index contributed by atoms with van der Waals surface area (Å²) in [7, 11) is 0. The molecule has 19 heavy (non-hydrogen) atoms. The number of rotatable bonds is 4. The second kappa shape index (κ2) is 6.50. The fourth-order valence-corrected chi connectivity index (χ4v) is 2.89. The first kappa shape index (κ1) is 13.8. The second-order valence-corrected chi connectivity index (χ2v) is 5.61. The van der Waals surface area contributed by atoms with E-state index in [0.29, 0.717) is 24.0 Å². The Labute approximate surface area is 114 Å². The fourth-order valence-electron chi connectivity index (χ4n) is 2.89. The number of allylic oxidation sites excluding steroid dienone is 2. The van der Waals surface area contributed by atoms with Gasteiger partial charge >= 0.3 is 0 Å². The Morgan fingerprint density at radius 3 is 2.74 bits per heavy atom. The minimum atomic E-state index is -0.216. The molecule has 0 aromatic heterocycles. The molecular formula is C16H21NO2. The molecule has 0 heterocycles. The van der Waals surface area contributed by atoms with Gasteiger partial charge in [0.05, 0.1) is 11.3 Å². The molecular weight excluding hydrogens is 238 g/mol. The molecule has 0 spiro atoms. The summed E-state index contributed by atoms with van der Waals surface area (Å²) < 4.78 is 0. The molecule has 3 nitrogen and oxygen atoms in total. The molecule has 1 saturated carbocycles. The van der Waals surface area contributed by atoms with Gasteiger partial charge < -0.3 is 0 Å². The van der Waals surface area contributed by atoms with Gasteiger partial charge in [-0.25, -0.2) is 0 Å². The molecule has 0 amide bonds. The lowest BCUT2D eigenvalue weighted by atomic mass is 9.82. The Bertz CT molecular complexity index is 453. The Morgan fingerprint density at radius 2 is 2.11 bits per heavy atom. The zero-order valence-corrected chi connectivity index (χ0v) is 11.4. The van der Waals surface area contributed by atoms with Crippen LogP contribution in [-0.2, 0) is 6.42 Å². The van der Waals surface area contributed by atoms with Crippen molar-refractivity contribution in [2.45, 2.75) is 39.0 Å². The van der Waals surface area contributed by atoms with Crippen molar-refractivity contribution in [2.75, 3.05) is 0 Å². The average Bonchev–Trinajstić information content (AvgIpc) is 2.39. The number of hydrogen-bond acceptors (Lipinski definition) is 2. The summed E-state index contributed by atoms with van der Waals surface area (Å²) >= 11 is 0. The molecule has 3 heteroatoms. The van der Waals surface area contributed by atoms with Crippen molar-refractivity contribution < 1.29 is 4.92 Å². The predicted molar refractivity (Wildman–Crippen MR) is 76.3 cm³/mol. The maximum Gasteiger partial charge on any atom is 0.246 e. The highest BCUT2D eigenvalue weighted by molar-refractivity contribution is 5.19. The third kappa shape index (κ3) is 4.19. The second-order valence-electron chi connectivity index (χ2n) is 5.61. The monoisotopic (exact) mass is 259 g/mol. The summed E-state index contributed by atoms with van der Waals surface area (Å²) in [6.45, 7) is 2.24. The molecule has 0 radical (unpaired) electrons. The van der Waals surface area contributed by atoms with Crippen molar-refractivity contribution >= 4 is 0 Å². The van der Waals surface area contributed by atoms with Gasteiger partial charge in [0.15, 0.2) is 0 Å². The van der Waals surface area contributed by atoms with Crippen molar-refractivity contribution in [3.05, 3.63) is 57.8 Å². The van der Waals surface area contributed by atoms with E-state index < -0.39 is 0 Å². The first-order chi connectivity index (χ1) is 9.15. The summed E-state index contributed by atoms with van der Waals surface area (Å²) in [5.74, 6) is 1.08. The van der Waals surface area contributed by atoms with Gasteiger partial charge in [0.1, 0.15) is 0 Å². The zero-order chi connectivity index (χ0) is 13.7. The van der Waals surface area contributed by atoms with Crippen molar-refractivity contribution in [1.82, 2.24) is 0 Å². The van der Waals surface area contributed by atoms with Gasteiger partial charge in [0, 0.05) is 0 Å². The summed E-state index contributed by atoms with van der Waals surface area (Å²) in [5, 5.41) is 11.2. The normalized spacial score (nSPS) is 24.2. The Hall–Kier alpha value is -1.64. The number of hydrogen-bond donors (Lipinski definition) is 0. The van der Waals surface area contributed by atoms with E-state index in [4.69, 9.17) is 0 Å². The molecule has 1 aromatic carbocycles. The standard InChI is InChI=1S/C16H21NO2/c1-13-6-5-9-15(10-13)12-16(17(18)19)11-14-7-3-2-4-8-14/h2-4,7-8,12-13,15H,5-6,9-11H2,1H3/b16-12-. The fraction of sp³-hybridized carbons (Fsp3) is 0.500. The summed E-state index contributed by atoms with van der Waals surface area (Å²) in [6.07, 6.45) is 6.97. The lowest BCUT2D eigenvalue weighted by Crippen LogP contribution is -2.13. The van der Waals surface area contributed by atoms with Crippen LogP contribution in [0, 0.1) is 22.0 Å². The third-order valence-corrected chi connectivity index (χ3v) is 3.87.